The smallest absolute Gasteiger partial charge is 0.253 e. The van der Waals surface area contributed by atoms with Gasteiger partial charge in [-0.1, -0.05) is 29.8 Å². The van der Waals surface area contributed by atoms with Gasteiger partial charge in [-0.2, -0.15) is 0 Å². The number of aromatic nitrogens is 3. The molecule has 156 valence electrons. The molecule has 3 heterocycles. The third kappa shape index (κ3) is 3.99. The van der Waals surface area contributed by atoms with E-state index in [1.165, 1.54) is 6.42 Å². The molecule has 1 aliphatic heterocycles. The second-order valence-corrected chi connectivity index (χ2v) is 8.12. The average molecular weight is 432 g/mol. The van der Waals surface area contributed by atoms with E-state index in [0.717, 1.165) is 54.3 Å². The van der Waals surface area contributed by atoms with Gasteiger partial charge in [-0.05, 0) is 49.6 Å². The Hall–Kier alpha value is -3.38. The largest absolute Gasteiger partial charge is 0.339 e. The molecule has 0 atom stereocenters. The summed E-state index contributed by atoms with van der Waals surface area (Å²) in [4.78, 5) is 23.8. The number of anilines is 2. The van der Waals surface area contributed by atoms with Crippen LogP contribution in [-0.2, 0) is 0 Å². The van der Waals surface area contributed by atoms with Gasteiger partial charge in [0.15, 0.2) is 5.65 Å². The highest BCUT2D eigenvalue weighted by Gasteiger charge is 2.19. The Morgan fingerprint density at radius 1 is 1.03 bits per heavy atom. The first-order valence-corrected chi connectivity index (χ1v) is 10.8. The number of fused-ring (bicyclic) bond motifs is 1. The van der Waals surface area contributed by atoms with Crippen molar-refractivity contribution >= 4 is 34.7 Å². The number of amides is 1. The third-order valence-electron chi connectivity index (χ3n) is 5.56. The molecule has 0 aliphatic carbocycles. The van der Waals surface area contributed by atoms with Crippen LogP contribution in [0.3, 0.4) is 0 Å². The number of nitrogens with one attached hydrogen (secondary N) is 1. The summed E-state index contributed by atoms with van der Waals surface area (Å²) >= 11 is 6.07. The average Bonchev–Trinajstić information content (AvgIpc) is 3.18. The SMILES string of the molecule is O=C(c1cccc(Nc2c(-c3ccc(Cl)cc3)nc3cnccn23)c1)N1CCCCC1. The molecule has 1 fully saturated rings. The van der Waals surface area contributed by atoms with Gasteiger partial charge < -0.3 is 10.2 Å². The van der Waals surface area contributed by atoms with Crippen LogP contribution < -0.4 is 5.32 Å². The van der Waals surface area contributed by atoms with Crippen LogP contribution in [0.4, 0.5) is 11.5 Å². The zero-order valence-electron chi connectivity index (χ0n) is 17.0. The lowest BCUT2D eigenvalue weighted by atomic mass is 10.1. The molecule has 7 heteroatoms. The van der Waals surface area contributed by atoms with E-state index < -0.39 is 0 Å². The number of carbonyl (C=O) groups excluding carboxylic acids is 1. The number of benzene rings is 2. The zero-order valence-corrected chi connectivity index (χ0v) is 17.7. The summed E-state index contributed by atoms with van der Waals surface area (Å²) in [5.74, 6) is 0.894. The molecule has 0 radical (unpaired) electrons. The third-order valence-corrected chi connectivity index (χ3v) is 5.82. The monoisotopic (exact) mass is 431 g/mol. The van der Waals surface area contributed by atoms with Crippen LogP contribution in [0.15, 0.2) is 67.1 Å². The normalized spacial score (nSPS) is 14.0. The molecule has 31 heavy (non-hydrogen) atoms. The van der Waals surface area contributed by atoms with Gasteiger partial charge in [0, 0.05) is 47.3 Å². The van der Waals surface area contributed by atoms with Gasteiger partial charge in [0.2, 0.25) is 0 Å². The fourth-order valence-corrected chi connectivity index (χ4v) is 4.11. The number of rotatable bonds is 4. The summed E-state index contributed by atoms with van der Waals surface area (Å²) in [5.41, 5.74) is 3.98. The van der Waals surface area contributed by atoms with E-state index in [2.05, 4.69) is 10.3 Å². The van der Waals surface area contributed by atoms with Crippen LogP contribution >= 0.6 is 11.6 Å². The van der Waals surface area contributed by atoms with Crippen LogP contribution in [-0.4, -0.2) is 38.3 Å². The molecular weight excluding hydrogens is 410 g/mol. The lowest BCUT2D eigenvalue weighted by Crippen LogP contribution is -2.35. The van der Waals surface area contributed by atoms with E-state index in [9.17, 15) is 4.79 Å². The van der Waals surface area contributed by atoms with Crippen molar-refractivity contribution in [3.8, 4) is 11.3 Å². The number of piperidine rings is 1. The van der Waals surface area contributed by atoms with Crippen LogP contribution in [0.1, 0.15) is 29.6 Å². The molecule has 5 rings (SSSR count). The van der Waals surface area contributed by atoms with Crippen LogP contribution in [0.5, 0.6) is 0 Å². The van der Waals surface area contributed by atoms with Crippen molar-refractivity contribution in [2.75, 3.05) is 18.4 Å². The maximum absolute atomic E-state index is 12.9. The molecule has 0 spiro atoms. The first kappa shape index (κ1) is 19.6. The van der Waals surface area contributed by atoms with Gasteiger partial charge in [-0.15, -0.1) is 0 Å². The predicted octanol–water partition coefficient (Wildman–Crippen LogP) is 5.42. The second-order valence-electron chi connectivity index (χ2n) is 7.68. The Balaban J connectivity index is 1.51. The van der Waals surface area contributed by atoms with Crippen molar-refractivity contribution < 1.29 is 4.79 Å². The van der Waals surface area contributed by atoms with E-state index in [0.29, 0.717) is 10.6 Å². The number of hydrogen-bond donors (Lipinski definition) is 1. The summed E-state index contributed by atoms with van der Waals surface area (Å²) in [6.07, 6.45) is 8.66. The minimum atomic E-state index is 0.0867. The summed E-state index contributed by atoms with van der Waals surface area (Å²) in [6.45, 7) is 1.66. The summed E-state index contributed by atoms with van der Waals surface area (Å²) in [7, 11) is 0. The molecule has 2 aromatic carbocycles. The zero-order chi connectivity index (χ0) is 21.2. The van der Waals surface area contributed by atoms with E-state index in [-0.39, 0.29) is 5.91 Å². The van der Waals surface area contributed by atoms with Crippen LogP contribution in [0, 0.1) is 0 Å². The molecule has 2 aromatic heterocycles. The predicted molar refractivity (Wildman–Crippen MR) is 123 cm³/mol. The Morgan fingerprint density at radius 3 is 2.65 bits per heavy atom. The second kappa shape index (κ2) is 8.40. The molecule has 1 aliphatic rings. The minimum Gasteiger partial charge on any atom is -0.339 e. The number of carbonyl (C=O) groups is 1. The van der Waals surface area contributed by atoms with E-state index in [4.69, 9.17) is 16.6 Å². The van der Waals surface area contributed by atoms with E-state index >= 15 is 0 Å². The fraction of sp³-hybridized carbons (Fsp3) is 0.208. The highest BCUT2D eigenvalue weighted by Crippen LogP contribution is 2.32. The highest BCUT2D eigenvalue weighted by atomic mass is 35.5. The van der Waals surface area contributed by atoms with Gasteiger partial charge in [0.1, 0.15) is 11.5 Å². The van der Waals surface area contributed by atoms with Crippen molar-refractivity contribution in [1.29, 1.82) is 0 Å². The first-order chi connectivity index (χ1) is 15.2. The maximum atomic E-state index is 12.9. The van der Waals surface area contributed by atoms with E-state index in [1.54, 1.807) is 12.4 Å². The molecule has 4 aromatic rings. The minimum absolute atomic E-state index is 0.0867. The summed E-state index contributed by atoms with van der Waals surface area (Å²) in [5, 5.41) is 4.15. The Kier molecular flexibility index (Phi) is 5.30. The lowest BCUT2D eigenvalue weighted by molar-refractivity contribution is 0.0724. The standard InChI is InChI=1S/C24H22ClN5O/c25-19-9-7-17(8-10-19)22-23(30-14-11-26-16-21(30)28-22)27-20-6-4-5-18(15-20)24(31)29-12-2-1-3-13-29/h4-11,14-16,27H,1-3,12-13H2. The molecule has 6 nitrogen and oxygen atoms in total. The number of halogens is 1. The lowest BCUT2D eigenvalue weighted by Gasteiger charge is -2.26. The Morgan fingerprint density at radius 2 is 1.84 bits per heavy atom. The van der Waals surface area contributed by atoms with Gasteiger partial charge in [-0.3, -0.25) is 14.2 Å². The van der Waals surface area contributed by atoms with Crippen LogP contribution in [0.2, 0.25) is 5.02 Å². The Labute approximate surface area is 185 Å². The molecular formula is C24H22ClN5O. The van der Waals surface area contributed by atoms with Gasteiger partial charge in [0.25, 0.3) is 5.91 Å². The van der Waals surface area contributed by atoms with Gasteiger partial charge >= 0.3 is 0 Å². The number of likely N-dealkylation sites (tertiary alicyclic amines) is 1. The topological polar surface area (TPSA) is 62.5 Å². The quantitative estimate of drug-likeness (QED) is 0.468. The molecule has 1 N–H and O–H groups in total. The highest BCUT2D eigenvalue weighted by molar-refractivity contribution is 6.30. The molecule has 1 amide bonds. The van der Waals surface area contributed by atoms with Gasteiger partial charge in [0.05, 0.1) is 6.20 Å². The molecule has 1 saturated heterocycles. The first-order valence-electron chi connectivity index (χ1n) is 10.4. The summed E-state index contributed by atoms with van der Waals surface area (Å²) < 4.78 is 1.95. The molecule has 0 unspecified atom stereocenters. The Bertz CT molecular complexity index is 1230. The van der Waals surface area contributed by atoms with Crippen molar-refractivity contribution in [2.24, 2.45) is 0 Å². The number of hydrogen-bond acceptors (Lipinski definition) is 4. The van der Waals surface area contributed by atoms with Gasteiger partial charge in [-0.25, -0.2) is 4.98 Å². The number of nitrogens with zero attached hydrogens (tertiary/aromatic N) is 4. The maximum Gasteiger partial charge on any atom is 0.253 e. The molecule has 0 bridgehead atoms. The van der Waals surface area contributed by atoms with E-state index in [1.807, 2.05) is 64.0 Å². The van der Waals surface area contributed by atoms with Crippen molar-refractivity contribution in [2.45, 2.75) is 19.3 Å². The summed E-state index contributed by atoms with van der Waals surface area (Å²) in [6, 6.07) is 15.2. The molecule has 0 saturated carbocycles. The fourth-order valence-electron chi connectivity index (χ4n) is 3.98. The number of imidazole rings is 1. The van der Waals surface area contributed by atoms with Crippen molar-refractivity contribution in [3.05, 3.63) is 77.7 Å². The van der Waals surface area contributed by atoms with Crippen molar-refractivity contribution in [1.82, 2.24) is 19.3 Å². The van der Waals surface area contributed by atoms with Crippen molar-refractivity contribution in [3.63, 3.8) is 0 Å². The van der Waals surface area contributed by atoms with Crippen LogP contribution in [0.25, 0.3) is 16.9 Å².